The zero-order valence-electron chi connectivity index (χ0n) is 16.7. The molecule has 27 heavy (non-hydrogen) atoms. The van der Waals surface area contributed by atoms with Crippen molar-refractivity contribution in [3.63, 3.8) is 0 Å². The molecule has 150 valence electrons. The Bertz CT molecular complexity index is 699. The fourth-order valence-corrected chi connectivity index (χ4v) is 7.71. The summed E-state index contributed by atoms with van der Waals surface area (Å²) in [5, 5.41) is 20.9. The van der Waals surface area contributed by atoms with E-state index < -0.39 is 23.7 Å². The number of rotatable bonds is 3. The van der Waals surface area contributed by atoms with Gasteiger partial charge in [-0.3, -0.25) is 9.59 Å². The molecule has 0 heterocycles. The third kappa shape index (κ3) is 2.34. The fraction of sp³-hybridized carbons (Fsp3) is 0.818. The van der Waals surface area contributed by atoms with Crippen LogP contribution in [0.4, 0.5) is 0 Å². The molecule has 0 amide bonds. The van der Waals surface area contributed by atoms with E-state index >= 15 is 0 Å². The molecule has 0 aliphatic heterocycles. The van der Waals surface area contributed by atoms with E-state index in [-0.39, 0.29) is 28.8 Å². The molecule has 4 aliphatic rings. The van der Waals surface area contributed by atoms with Crippen LogP contribution in [0.2, 0.25) is 0 Å². The number of carbonyl (C=O) groups excluding carboxylic acids is 2. The summed E-state index contributed by atoms with van der Waals surface area (Å²) in [5.41, 5.74) is -0.385. The van der Waals surface area contributed by atoms with Crippen molar-refractivity contribution in [1.82, 2.24) is 0 Å². The number of carbonyl (C=O) groups is 2. The molecule has 0 bridgehead atoms. The van der Waals surface area contributed by atoms with Crippen molar-refractivity contribution in [3.05, 3.63) is 11.6 Å². The van der Waals surface area contributed by atoms with Crippen LogP contribution < -0.4 is 0 Å². The van der Waals surface area contributed by atoms with E-state index in [9.17, 15) is 19.8 Å². The lowest BCUT2D eigenvalue weighted by Crippen LogP contribution is -2.62. The first kappa shape index (κ1) is 19.3. The highest BCUT2D eigenvalue weighted by Gasteiger charge is 2.68. The standard InChI is InChI=1S/C22H32O5/c1-20-8-6-14(24)10-13(20)4-5-15-16-7-9-22(27-3,18(26)12-23)21(16,2)11-17(25)19(15)20/h10,15-17,19,23,25H,4-9,11-12H2,1-3H3/t15?,16-,17?,19+,20?,21?,22-/m0/s1. The van der Waals surface area contributed by atoms with Crippen molar-refractivity contribution < 1.29 is 24.5 Å². The lowest BCUT2D eigenvalue weighted by molar-refractivity contribution is -0.189. The van der Waals surface area contributed by atoms with Gasteiger partial charge in [-0.2, -0.15) is 0 Å². The third-order valence-electron chi connectivity index (χ3n) is 8.96. The predicted molar refractivity (Wildman–Crippen MR) is 99.9 cm³/mol. The van der Waals surface area contributed by atoms with Gasteiger partial charge in [0.25, 0.3) is 0 Å². The quantitative estimate of drug-likeness (QED) is 0.790. The van der Waals surface area contributed by atoms with Gasteiger partial charge in [-0.05, 0) is 67.8 Å². The van der Waals surface area contributed by atoms with Gasteiger partial charge >= 0.3 is 0 Å². The number of ketones is 2. The van der Waals surface area contributed by atoms with Gasteiger partial charge in [-0.1, -0.05) is 19.4 Å². The molecule has 5 heteroatoms. The monoisotopic (exact) mass is 376 g/mol. The Morgan fingerprint density at radius 2 is 2.00 bits per heavy atom. The van der Waals surface area contributed by atoms with Crippen molar-refractivity contribution in [3.8, 4) is 0 Å². The number of allylic oxidation sites excluding steroid dienone is 1. The van der Waals surface area contributed by atoms with E-state index in [4.69, 9.17) is 4.74 Å². The van der Waals surface area contributed by atoms with Crippen molar-refractivity contribution in [2.24, 2.45) is 28.6 Å². The molecule has 7 atom stereocenters. The Labute approximate surface area is 161 Å². The number of aliphatic hydroxyl groups is 2. The molecule has 2 N–H and O–H groups in total. The van der Waals surface area contributed by atoms with Crippen LogP contribution in [0.1, 0.15) is 58.8 Å². The second-order valence-corrected chi connectivity index (χ2v) is 9.73. The molecular formula is C22H32O5. The first-order valence-corrected chi connectivity index (χ1v) is 10.3. The number of ether oxygens (including phenoxy) is 1. The molecule has 4 aliphatic carbocycles. The Hall–Kier alpha value is -1.04. The van der Waals surface area contributed by atoms with Crippen LogP contribution in [0.5, 0.6) is 0 Å². The average Bonchev–Trinajstić information content (AvgIpc) is 2.94. The van der Waals surface area contributed by atoms with Crippen LogP contribution in [-0.2, 0) is 14.3 Å². The smallest absolute Gasteiger partial charge is 0.190 e. The summed E-state index contributed by atoms with van der Waals surface area (Å²) in [5.74, 6) is 0.686. The highest BCUT2D eigenvalue weighted by molar-refractivity contribution is 5.92. The summed E-state index contributed by atoms with van der Waals surface area (Å²) in [4.78, 5) is 24.7. The Balaban J connectivity index is 1.75. The summed E-state index contributed by atoms with van der Waals surface area (Å²) >= 11 is 0. The molecule has 4 rings (SSSR count). The van der Waals surface area contributed by atoms with Crippen LogP contribution in [0, 0.1) is 28.6 Å². The van der Waals surface area contributed by atoms with E-state index in [1.165, 1.54) is 5.57 Å². The van der Waals surface area contributed by atoms with Gasteiger partial charge in [0.2, 0.25) is 0 Å². The normalized spacial score (nSPS) is 49.1. The molecule has 0 spiro atoms. The zero-order chi connectivity index (χ0) is 19.6. The Kier molecular flexibility index (Phi) is 4.45. The van der Waals surface area contributed by atoms with Crippen LogP contribution in [0.3, 0.4) is 0 Å². The molecule has 4 unspecified atom stereocenters. The maximum Gasteiger partial charge on any atom is 0.190 e. The highest BCUT2D eigenvalue weighted by atomic mass is 16.5. The number of Topliss-reactive ketones (excluding diaryl/α,β-unsaturated/α-hetero) is 1. The van der Waals surface area contributed by atoms with E-state index in [0.717, 1.165) is 25.7 Å². The maximum atomic E-state index is 12.7. The minimum absolute atomic E-state index is 0.126. The van der Waals surface area contributed by atoms with E-state index in [1.54, 1.807) is 7.11 Å². The van der Waals surface area contributed by atoms with Crippen molar-refractivity contribution in [1.29, 1.82) is 0 Å². The van der Waals surface area contributed by atoms with Crippen LogP contribution >= 0.6 is 0 Å². The molecule has 0 aromatic carbocycles. The molecular weight excluding hydrogens is 344 g/mol. The van der Waals surface area contributed by atoms with Crippen LogP contribution in [0.15, 0.2) is 11.6 Å². The topological polar surface area (TPSA) is 83.8 Å². The summed E-state index contributed by atoms with van der Waals surface area (Å²) in [6.45, 7) is 3.79. The molecule has 0 radical (unpaired) electrons. The molecule has 0 saturated heterocycles. The zero-order valence-corrected chi connectivity index (χ0v) is 16.7. The number of hydrogen-bond donors (Lipinski definition) is 2. The average molecular weight is 376 g/mol. The minimum atomic E-state index is -1.00. The first-order valence-electron chi connectivity index (χ1n) is 10.3. The van der Waals surface area contributed by atoms with Gasteiger partial charge in [-0.25, -0.2) is 0 Å². The van der Waals surface area contributed by atoms with Crippen molar-refractivity contribution in [2.45, 2.75) is 70.5 Å². The molecule has 0 aromatic rings. The number of fused-ring (bicyclic) bond motifs is 5. The first-order chi connectivity index (χ1) is 12.7. The largest absolute Gasteiger partial charge is 0.393 e. The summed E-state index contributed by atoms with van der Waals surface area (Å²) < 4.78 is 5.82. The van der Waals surface area contributed by atoms with Crippen LogP contribution in [0.25, 0.3) is 0 Å². The second-order valence-electron chi connectivity index (χ2n) is 9.73. The van der Waals surface area contributed by atoms with Gasteiger partial charge < -0.3 is 14.9 Å². The fourth-order valence-electron chi connectivity index (χ4n) is 7.71. The molecule has 0 aromatic heterocycles. The van der Waals surface area contributed by atoms with E-state index in [2.05, 4.69) is 13.8 Å². The summed E-state index contributed by atoms with van der Waals surface area (Å²) in [6.07, 6.45) is 6.53. The van der Waals surface area contributed by atoms with E-state index in [0.29, 0.717) is 25.2 Å². The highest BCUT2D eigenvalue weighted by Crippen LogP contribution is 2.68. The van der Waals surface area contributed by atoms with Crippen LogP contribution in [-0.4, -0.2) is 47.2 Å². The third-order valence-corrected chi connectivity index (χ3v) is 8.96. The maximum absolute atomic E-state index is 12.7. The number of hydrogen-bond acceptors (Lipinski definition) is 5. The molecule has 3 fully saturated rings. The SMILES string of the molecule is CO[C@]1(C(=O)CO)CC[C@H]2C3CCC4=CC(=O)CCC4(C)[C@H]3C(O)CC21C. The lowest BCUT2D eigenvalue weighted by atomic mass is 9.45. The predicted octanol–water partition coefficient (Wildman–Crippen LogP) is 2.44. The molecule has 3 saturated carbocycles. The van der Waals surface area contributed by atoms with Gasteiger partial charge in [0.05, 0.1) is 6.10 Å². The molecule has 5 nitrogen and oxygen atoms in total. The van der Waals surface area contributed by atoms with Gasteiger partial charge in [-0.15, -0.1) is 0 Å². The lowest BCUT2D eigenvalue weighted by Gasteiger charge is -2.60. The van der Waals surface area contributed by atoms with Crippen molar-refractivity contribution in [2.75, 3.05) is 13.7 Å². The van der Waals surface area contributed by atoms with Crippen molar-refractivity contribution >= 4 is 11.6 Å². The van der Waals surface area contributed by atoms with Gasteiger partial charge in [0.1, 0.15) is 12.2 Å². The summed E-state index contributed by atoms with van der Waals surface area (Å²) in [7, 11) is 1.56. The number of methoxy groups -OCH3 is 1. The Morgan fingerprint density at radius 3 is 2.67 bits per heavy atom. The van der Waals surface area contributed by atoms with Gasteiger partial charge in [0, 0.05) is 18.9 Å². The number of aliphatic hydroxyl groups excluding tert-OH is 2. The van der Waals surface area contributed by atoms with E-state index in [1.807, 2.05) is 6.08 Å². The van der Waals surface area contributed by atoms with Gasteiger partial charge in [0.15, 0.2) is 11.6 Å². The Morgan fingerprint density at radius 1 is 1.26 bits per heavy atom. The summed E-state index contributed by atoms with van der Waals surface area (Å²) in [6, 6.07) is 0. The second kappa shape index (κ2) is 6.23. The minimum Gasteiger partial charge on any atom is -0.393 e.